The molecular weight excluding hydrogens is 272 g/mol. The SMILES string of the molecule is CC(C)n1ccnc(NCCC(=O)N2CCOCC2)c1=O. The van der Waals surface area contributed by atoms with Gasteiger partial charge in [-0.25, -0.2) is 4.98 Å². The molecular formula is C14H22N4O3. The number of ether oxygens (including phenoxy) is 1. The van der Waals surface area contributed by atoms with Crippen LogP contribution < -0.4 is 10.9 Å². The summed E-state index contributed by atoms with van der Waals surface area (Å²) in [6.07, 6.45) is 3.60. The van der Waals surface area contributed by atoms with Gasteiger partial charge in [0.15, 0.2) is 5.82 Å². The summed E-state index contributed by atoms with van der Waals surface area (Å²) >= 11 is 0. The summed E-state index contributed by atoms with van der Waals surface area (Å²) in [5.74, 6) is 0.367. The van der Waals surface area contributed by atoms with Crippen LogP contribution in [0.15, 0.2) is 17.2 Å². The van der Waals surface area contributed by atoms with Gasteiger partial charge in [-0.1, -0.05) is 0 Å². The Morgan fingerprint density at radius 2 is 2.14 bits per heavy atom. The molecule has 21 heavy (non-hydrogen) atoms. The van der Waals surface area contributed by atoms with Crippen LogP contribution in [0.2, 0.25) is 0 Å². The fraction of sp³-hybridized carbons (Fsp3) is 0.643. The van der Waals surface area contributed by atoms with Gasteiger partial charge in [0.25, 0.3) is 5.56 Å². The van der Waals surface area contributed by atoms with Crippen molar-refractivity contribution in [2.24, 2.45) is 0 Å². The molecule has 2 heterocycles. The van der Waals surface area contributed by atoms with Gasteiger partial charge in [-0.15, -0.1) is 0 Å². The molecule has 116 valence electrons. The Kier molecular flexibility index (Phi) is 5.32. The van der Waals surface area contributed by atoms with Gasteiger partial charge >= 0.3 is 0 Å². The Morgan fingerprint density at radius 1 is 1.43 bits per heavy atom. The van der Waals surface area contributed by atoms with Crippen LogP contribution >= 0.6 is 0 Å². The van der Waals surface area contributed by atoms with Gasteiger partial charge < -0.3 is 19.5 Å². The van der Waals surface area contributed by atoms with Crippen LogP contribution in [-0.4, -0.2) is 53.2 Å². The van der Waals surface area contributed by atoms with Crippen molar-refractivity contribution < 1.29 is 9.53 Å². The van der Waals surface area contributed by atoms with Crippen molar-refractivity contribution in [3.05, 3.63) is 22.7 Å². The number of hydrogen-bond donors (Lipinski definition) is 1. The van der Waals surface area contributed by atoms with Gasteiger partial charge in [0.05, 0.1) is 13.2 Å². The third kappa shape index (κ3) is 4.04. The molecule has 0 saturated carbocycles. The largest absolute Gasteiger partial charge is 0.378 e. The fourth-order valence-electron chi connectivity index (χ4n) is 2.21. The number of morpholine rings is 1. The monoisotopic (exact) mass is 294 g/mol. The summed E-state index contributed by atoms with van der Waals surface area (Å²) in [7, 11) is 0. The second-order valence-electron chi connectivity index (χ2n) is 5.25. The van der Waals surface area contributed by atoms with E-state index in [0.29, 0.717) is 45.1 Å². The van der Waals surface area contributed by atoms with E-state index in [0.717, 1.165) is 0 Å². The number of rotatable bonds is 5. The van der Waals surface area contributed by atoms with Crippen LogP contribution in [0.25, 0.3) is 0 Å². The lowest BCUT2D eigenvalue weighted by Crippen LogP contribution is -2.41. The van der Waals surface area contributed by atoms with Crippen LogP contribution in [0.1, 0.15) is 26.3 Å². The molecule has 1 aliphatic rings. The van der Waals surface area contributed by atoms with E-state index in [1.54, 1.807) is 21.9 Å². The van der Waals surface area contributed by atoms with E-state index in [2.05, 4.69) is 10.3 Å². The van der Waals surface area contributed by atoms with E-state index in [1.165, 1.54) is 0 Å². The molecule has 1 saturated heterocycles. The quantitative estimate of drug-likeness (QED) is 0.855. The number of nitrogens with one attached hydrogen (secondary N) is 1. The van der Waals surface area contributed by atoms with Crippen LogP contribution in [0.5, 0.6) is 0 Å². The molecule has 1 aliphatic heterocycles. The fourth-order valence-corrected chi connectivity index (χ4v) is 2.21. The van der Waals surface area contributed by atoms with Gasteiger partial charge in [0.1, 0.15) is 0 Å². The second-order valence-corrected chi connectivity index (χ2v) is 5.25. The summed E-state index contributed by atoms with van der Waals surface area (Å²) in [5, 5.41) is 2.96. The van der Waals surface area contributed by atoms with E-state index in [1.807, 2.05) is 13.8 Å². The normalized spacial score (nSPS) is 15.3. The number of carbonyl (C=O) groups is 1. The van der Waals surface area contributed by atoms with Gasteiger partial charge in [-0.3, -0.25) is 9.59 Å². The Balaban J connectivity index is 1.87. The average molecular weight is 294 g/mol. The standard InChI is InChI=1S/C14H22N4O3/c1-11(2)18-6-5-16-13(14(18)20)15-4-3-12(19)17-7-9-21-10-8-17/h5-6,11H,3-4,7-10H2,1-2H3,(H,15,16). The number of carbonyl (C=O) groups excluding carboxylic acids is 1. The minimum absolute atomic E-state index is 0.0749. The molecule has 0 bridgehead atoms. The number of anilines is 1. The molecule has 1 aromatic heterocycles. The Morgan fingerprint density at radius 3 is 2.81 bits per heavy atom. The maximum atomic E-state index is 12.1. The first-order valence-electron chi connectivity index (χ1n) is 7.26. The highest BCUT2D eigenvalue weighted by molar-refractivity contribution is 5.76. The highest BCUT2D eigenvalue weighted by Crippen LogP contribution is 2.03. The van der Waals surface area contributed by atoms with E-state index < -0.39 is 0 Å². The van der Waals surface area contributed by atoms with Crippen LogP contribution in [0.4, 0.5) is 5.82 Å². The molecule has 0 radical (unpaired) electrons. The second kappa shape index (κ2) is 7.21. The van der Waals surface area contributed by atoms with Crippen molar-refractivity contribution in [3.63, 3.8) is 0 Å². The van der Waals surface area contributed by atoms with Crippen LogP contribution in [0.3, 0.4) is 0 Å². The van der Waals surface area contributed by atoms with E-state index in [9.17, 15) is 9.59 Å². The number of hydrogen-bond acceptors (Lipinski definition) is 5. The van der Waals surface area contributed by atoms with Crippen molar-refractivity contribution in [1.29, 1.82) is 0 Å². The minimum atomic E-state index is -0.161. The molecule has 1 fully saturated rings. The lowest BCUT2D eigenvalue weighted by molar-refractivity contribution is -0.134. The van der Waals surface area contributed by atoms with Gasteiger partial charge in [-0.2, -0.15) is 0 Å². The van der Waals surface area contributed by atoms with E-state index in [-0.39, 0.29) is 17.5 Å². The molecule has 0 unspecified atom stereocenters. The van der Waals surface area contributed by atoms with E-state index >= 15 is 0 Å². The van der Waals surface area contributed by atoms with Crippen LogP contribution in [0, 0.1) is 0 Å². The smallest absolute Gasteiger partial charge is 0.293 e. The van der Waals surface area contributed by atoms with Gasteiger partial charge in [-0.05, 0) is 13.8 Å². The van der Waals surface area contributed by atoms with Gasteiger partial charge in [0.2, 0.25) is 5.91 Å². The molecule has 0 spiro atoms. The zero-order valence-electron chi connectivity index (χ0n) is 12.5. The summed E-state index contributed by atoms with van der Waals surface area (Å²) < 4.78 is 6.82. The molecule has 0 atom stereocenters. The maximum Gasteiger partial charge on any atom is 0.293 e. The zero-order chi connectivity index (χ0) is 15.2. The molecule has 1 aromatic rings. The molecule has 1 N–H and O–H groups in total. The summed E-state index contributed by atoms with van der Waals surface area (Å²) in [4.78, 5) is 29.9. The zero-order valence-corrected chi connectivity index (χ0v) is 12.5. The molecule has 7 nitrogen and oxygen atoms in total. The molecule has 2 rings (SSSR count). The Hall–Kier alpha value is -1.89. The molecule has 1 amide bonds. The first kappa shape index (κ1) is 15.5. The summed E-state index contributed by atoms with van der Waals surface area (Å²) in [6, 6.07) is 0.0797. The lowest BCUT2D eigenvalue weighted by Gasteiger charge is -2.26. The van der Waals surface area contributed by atoms with Crippen molar-refractivity contribution in [1.82, 2.24) is 14.5 Å². The maximum absolute atomic E-state index is 12.1. The van der Waals surface area contributed by atoms with Gasteiger partial charge in [0, 0.05) is 44.5 Å². The number of amides is 1. The average Bonchev–Trinajstić information content (AvgIpc) is 2.49. The Labute approximate surface area is 123 Å². The van der Waals surface area contributed by atoms with E-state index in [4.69, 9.17) is 4.74 Å². The lowest BCUT2D eigenvalue weighted by atomic mass is 10.3. The number of aromatic nitrogens is 2. The van der Waals surface area contributed by atoms with Crippen molar-refractivity contribution in [2.75, 3.05) is 38.2 Å². The topological polar surface area (TPSA) is 76.5 Å². The van der Waals surface area contributed by atoms with Crippen molar-refractivity contribution >= 4 is 11.7 Å². The highest BCUT2D eigenvalue weighted by atomic mass is 16.5. The van der Waals surface area contributed by atoms with Crippen molar-refractivity contribution in [2.45, 2.75) is 26.3 Å². The first-order chi connectivity index (χ1) is 10.1. The minimum Gasteiger partial charge on any atom is -0.378 e. The Bertz CT molecular complexity index is 535. The summed E-state index contributed by atoms with van der Waals surface area (Å²) in [6.45, 7) is 6.75. The predicted octanol–water partition coefficient (Wildman–Crippen LogP) is 0.485. The predicted molar refractivity (Wildman–Crippen MR) is 79.4 cm³/mol. The summed E-state index contributed by atoms with van der Waals surface area (Å²) in [5.41, 5.74) is -0.161. The third-order valence-electron chi connectivity index (χ3n) is 3.42. The highest BCUT2D eigenvalue weighted by Gasteiger charge is 2.16. The molecule has 0 aromatic carbocycles. The molecule has 0 aliphatic carbocycles. The van der Waals surface area contributed by atoms with Crippen molar-refractivity contribution in [3.8, 4) is 0 Å². The first-order valence-corrected chi connectivity index (χ1v) is 7.26. The van der Waals surface area contributed by atoms with Crippen LogP contribution in [-0.2, 0) is 9.53 Å². The number of nitrogens with zero attached hydrogens (tertiary/aromatic N) is 3. The molecule has 7 heteroatoms. The third-order valence-corrected chi connectivity index (χ3v) is 3.42.